The molecular weight excluding hydrogens is 322 g/mol. The van der Waals surface area contributed by atoms with Crippen molar-refractivity contribution in [3.05, 3.63) is 22.2 Å². The Bertz CT molecular complexity index is 545. The zero-order chi connectivity index (χ0) is 14.3. The molecule has 0 aromatic heterocycles. The second-order valence-corrected chi connectivity index (χ2v) is 6.13. The predicted molar refractivity (Wildman–Crippen MR) is 81.9 cm³/mol. The number of anilines is 2. The first-order chi connectivity index (χ1) is 9.61. The highest BCUT2D eigenvalue weighted by atomic mass is 79.9. The third kappa shape index (κ3) is 2.43. The van der Waals surface area contributed by atoms with Gasteiger partial charge in [0.15, 0.2) is 0 Å². The van der Waals surface area contributed by atoms with Crippen LogP contribution in [0.5, 0.6) is 0 Å². The van der Waals surface area contributed by atoms with Crippen LogP contribution in [-0.4, -0.2) is 32.2 Å². The van der Waals surface area contributed by atoms with Crippen LogP contribution in [0.2, 0.25) is 0 Å². The molecule has 1 saturated carbocycles. The lowest BCUT2D eigenvalue weighted by Crippen LogP contribution is -2.29. The van der Waals surface area contributed by atoms with Gasteiger partial charge in [0.2, 0.25) is 5.91 Å². The van der Waals surface area contributed by atoms with Crippen molar-refractivity contribution in [1.29, 1.82) is 0 Å². The highest BCUT2D eigenvalue weighted by molar-refractivity contribution is 9.10. The van der Waals surface area contributed by atoms with Crippen LogP contribution in [-0.2, 0) is 9.53 Å². The zero-order valence-corrected chi connectivity index (χ0v) is 12.9. The molecule has 1 unspecified atom stereocenters. The van der Waals surface area contributed by atoms with Crippen LogP contribution < -0.4 is 16.0 Å². The summed E-state index contributed by atoms with van der Waals surface area (Å²) < 4.78 is 6.17. The van der Waals surface area contributed by atoms with Gasteiger partial charge in [-0.3, -0.25) is 4.79 Å². The van der Waals surface area contributed by atoms with E-state index in [0.717, 1.165) is 28.0 Å². The van der Waals surface area contributed by atoms with E-state index in [0.29, 0.717) is 12.6 Å². The lowest BCUT2D eigenvalue weighted by atomic mass is 10.1. The predicted octanol–water partition coefficient (Wildman–Crippen LogP) is 2.02. The Morgan fingerprint density at radius 2 is 2.25 bits per heavy atom. The van der Waals surface area contributed by atoms with Crippen molar-refractivity contribution in [3.8, 4) is 0 Å². The van der Waals surface area contributed by atoms with E-state index >= 15 is 0 Å². The van der Waals surface area contributed by atoms with E-state index in [1.807, 2.05) is 12.1 Å². The molecular formula is C14H18BrN3O2. The van der Waals surface area contributed by atoms with E-state index in [9.17, 15) is 4.79 Å². The van der Waals surface area contributed by atoms with Crippen LogP contribution in [0.25, 0.3) is 0 Å². The van der Waals surface area contributed by atoms with Gasteiger partial charge in [0.05, 0.1) is 12.3 Å². The number of benzene rings is 1. The number of fused-ring (bicyclic) bond motifs is 1. The summed E-state index contributed by atoms with van der Waals surface area (Å²) in [5, 5.41) is 2.84. The topological polar surface area (TPSA) is 67.6 Å². The zero-order valence-electron chi connectivity index (χ0n) is 11.4. The van der Waals surface area contributed by atoms with Crippen molar-refractivity contribution in [2.45, 2.75) is 24.9 Å². The molecule has 3 N–H and O–H groups in total. The van der Waals surface area contributed by atoms with Gasteiger partial charge in [-0.2, -0.15) is 0 Å². The Hall–Kier alpha value is -1.11. The normalized spacial score (nSPS) is 20.8. The van der Waals surface area contributed by atoms with Gasteiger partial charge in [-0.05, 0) is 40.9 Å². The lowest BCUT2D eigenvalue weighted by Gasteiger charge is -2.26. The van der Waals surface area contributed by atoms with Crippen LogP contribution in [0, 0.1) is 0 Å². The molecule has 1 amide bonds. The largest absolute Gasteiger partial charge is 0.383 e. The number of carbonyl (C=O) groups is 1. The molecule has 1 aliphatic heterocycles. The average molecular weight is 340 g/mol. The summed E-state index contributed by atoms with van der Waals surface area (Å²) in [5.41, 5.74) is 8.64. The molecule has 0 bridgehead atoms. The fourth-order valence-electron chi connectivity index (χ4n) is 2.59. The smallest absolute Gasteiger partial charge is 0.245 e. The van der Waals surface area contributed by atoms with Gasteiger partial charge >= 0.3 is 0 Å². The Labute approximate surface area is 126 Å². The molecule has 6 heteroatoms. The Morgan fingerprint density at radius 1 is 1.50 bits per heavy atom. The summed E-state index contributed by atoms with van der Waals surface area (Å²) >= 11 is 3.61. The maximum atomic E-state index is 11.7. The first kappa shape index (κ1) is 13.9. The summed E-state index contributed by atoms with van der Waals surface area (Å²) in [7, 11) is 1.71. The summed E-state index contributed by atoms with van der Waals surface area (Å²) in [6.07, 6.45) is 2.41. The van der Waals surface area contributed by atoms with Gasteiger partial charge < -0.3 is 20.7 Å². The third-order valence-corrected chi connectivity index (χ3v) is 4.46. The Balaban J connectivity index is 1.93. The van der Waals surface area contributed by atoms with Crippen molar-refractivity contribution in [2.75, 3.05) is 30.5 Å². The van der Waals surface area contributed by atoms with Crippen LogP contribution >= 0.6 is 15.9 Å². The Kier molecular flexibility index (Phi) is 3.70. The number of carbonyl (C=O) groups excluding carboxylic acids is 1. The molecule has 108 valence electrons. The SMILES string of the molecule is COCCN(c1cc2c(cc1Br)C(N)C(=O)N2)C1CC1. The number of hydrogen-bond donors (Lipinski definition) is 2. The van der Waals surface area contributed by atoms with E-state index in [2.05, 4.69) is 26.1 Å². The quantitative estimate of drug-likeness (QED) is 0.861. The number of ether oxygens (including phenoxy) is 1. The summed E-state index contributed by atoms with van der Waals surface area (Å²) in [4.78, 5) is 14.0. The number of halogens is 1. The number of amides is 1. The van der Waals surface area contributed by atoms with Gasteiger partial charge in [0.1, 0.15) is 6.04 Å². The fourth-order valence-corrected chi connectivity index (χ4v) is 3.18. The van der Waals surface area contributed by atoms with Gasteiger partial charge in [-0.1, -0.05) is 0 Å². The van der Waals surface area contributed by atoms with Crippen molar-refractivity contribution >= 4 is 33.2 Å². The van der Waals surface area contributed by atoms with Crippen molar-refractivity contribution in [3.63, 3.8) is 0 Å². The number of hydrogen-bond acceptors (Lipinski definition) is 4. The number of nitrogens with zero attached hydrogens (tertiary/aromatic N) is 1. The minimum Gasteiger partial charge on any atom is -0.383 e. The van der Waals surface area contributed by atoms with E-state index in [4.69, 9.17) is 10.5 Å². The van der Waals surface area contributed by atoms with E-state index < -0.39 is 6.04 Å². The number of nitrogens with two attached hydrogens (primary N) is 1. The summed E-state index contributed by atoms with van der Waals surface area (Å²) in [6.45, 7) is 1.53. The molecule has 1 aromatic carbocycles. The maximum absolute atomic E-state index is 11.7. The van der Waals surface area contributed by atoms with Crippen LogP contribution in [0.1, 0.15) is 24.4 Å². The summed E-state index contributed by atoms with van der Waals surface area (Å²) in [5.74, 6) is -0.140. The number of nitrogens with one attached hydrogen (secondary N) is 1. The molecule has 20 heavy (non-hydrogen) atoms. The highest BCUT2D eigenvalue weighted by Gasteiger charge is 2.33. The average Bonchev–Trinajstić information content (AvgIpc) is 3.21. The molecule has 0 radical (unpaired) electrons. The molecule has 3 rings (SSSR count). The monoisotopic (exact) mass is 339 g/mol. The first-order valence-corrected chi connectivity index (χ1v) is 7.56. The fraction of sp³-hybridized carbons (Fsp3) is 0.500. The summed E-state index contributed by atoms with van der Waals surface area (Å²) in [6, 6.07) is 3.97. The van der Waals surface area contributed by atoms with E-state index in [-0.39, 0.29) is 5.91 Å². The highest BCUT2D eigenvalue weighted by Crippen LogP contribution is 2.41. The van der Waals surface area contributed by atoms with Crippen LogP contribution in [0.3, 0.4) is 0 Å². The van der Waals surface area contributed by atoms with Gasteiger partial charge in [0, 0.05) is 35.4 Å². The minimum atomic E-state index is -0.566. The van der Waals surface area contributed by atoms with Crippen LogP contribution in [0.15, 0.2) is 16.6 Å². The van der Waals surface area contributed by atoms with Crippen molar-refractivity contribution in [2.24, 2.45) is 5.73 Å². The maximum Gasteiger partial charge on any atom is 0.245 e. The molecule has 2 aliphatic rings. The van der Waals surface area contributed by atoms with Crippen LogP contribution in [0.4, 0.5) is 11.4 Å². The molecule has 0 saturated heterocycles. The number of methoxy groups -OCH3 is 1. The van der Waals surface area contributed by atoms with Gasteiger partial charge in [-0.15, -0.1) is 0 Å². The third-order valence-electron chi connectivity index (χ3n) is 3.83. The molecule has 1 aromatic rings. The van der Waals surface area contributed by atoms with Gasteiger partial charge in [0.25, 0.3) is 0 Å². The lowest BCUT2D eigenvalue weighted by molar-refractivity contribution is -0.116. The standard InChI is InChI=1S/C14H18BrN3O2/c1-20-5-4-18(8-2-3-8)12-7-11-9(6-10(12)15)13(16)14(19)17-11/h6-8,13H,2-5,16H2,1H3,(H,17,19). The molecule has 5 nitrogen and oxygen atoms in total. The molecule has 1 heterocycles. The van der Waals surface area contributed by atoms with Crippen molar-refractivity contribution < 1.29 is 9.53 Å². The van der Waals surface area contributed by atoms with Crippen molar-refractivity contribution in [1.82, 2.24) is 0 Å². The molecule has 1 atom stereocenters. The molecule has 0 spiro atoms. The van der Waals surface area contributed by atoms with E-state index in [1.54, 1.807) is 7.11 Å². The first-order valence-electron chi connectivity index (χ1n) is 6.77. The van der Waals surface area contributed by atoms with Gasteiger partial charge in [-0.25, -0.2) is 0 Å². The molecule has 1 fully saturated rings. The second kappa shape index (κ2) is 5.35. The second-order valence-electron chi connectivity index (χ2n) is 5.28. The minimum absolute atomic E-state index is 0.140. The van der Waals surface area contributed by atoms with E-state index in [1.165, 1.54) is 12.8 Å². The molecule has 1 aliphatic carbocycles. The number of rotatable bonds is 5. The Morgan fingerprint density at radius 3 is 2.90 bits per heavy atom.